The van der Waals surface area contributed by atoms with Crippen LogP contribution in [0.1, 0.15) is 11.4 Å². The topological polar surface area (TPSA) is 57.5 Å². The minimum absolute atomic E-state index is 0.753. The van der Waals surface area contributed by atoms with Crippen molar-refractivity contribution in [1.82, 2.24) is 15.2 Å². The largest absolute Gasteiger partial charge is 0.338 e. The van der Waals surface area contributed by atoms with Crippen LogP contribution < -0.4 is 9.88 Å². The van der Waals surface area contributed by atoms with Gasteiger partial charge in [-0.3, -0.25) is 0 Å². The van der Waals surface area contributed by atoms with E-state index in [-0.39, 0.29) is 0 Å². The molecule has 29 heavy (non-hydrogen) atoms. The second kappa shape index (κ2) is 6.71. The first-order valence-corrected chi connectivity index (χ1v) is 9.68. The van der Waals surface area contributed by atoms with E-state index in [2.05, 4.69) is 101 Å². The molecule has 0 bridgehead atoms. The summed E-state index contributed by atoms with van der Waals surface area (Å²) in [6.07, 6.45) is 0. The van der Waals surface area contributed by atoms with Crippen LogP contribution in [0.4, 0.5) is 11.5 Å². The number of nitrogens with one attached hydrogen (secondary N) is 2. The van der Waals surface area contributed by atoms with E-state index in [9.17, 15) is 0 Å². The molecule has 0 saturated carbocycles. The molecule has 0 aliphatic carbocycles. The zero-order valence-electron chi connectivity index (χ0n) is 16.7. The molecule has 3 aromatic carbocycles. The molecule has 5 nitrogen and oxygen atoms in total. The van der Waals surface area contributed by atoms with Crippen molar-refractivity contribution in [2.45, 2.75) is 13.8 Å². The molecule has 0 radical (unpaired) electrons. The molecular weight excluding hydrogens is 358 g/mol. The molecule has 2 heterocycles. The van der Waals surface area contributed by atoms with Crippen molar-refractivity contribution in [2.24, 2.45) is 7.05 Å². The molecule has 5 aromatic rings. The maximum absolute atomic E-state index is 4.56. The Kier molecular flexibility index (Phi) is 4.02. The summed E-state index contributed by atoms with van der Waals surface area (Å²) >= 11 is 0. The summed E-state index contributed by atoms with van der Waals surface area (Å²) in [6.45, 7) is 4.15. The van der Waals surface area contributed by atoms with Crippen molar-refractivity contribution in [2.75, 3.05) is 5.32 Å². The number of aromatic nitrogens is 4. The van der Waals surface area contributed by atoms with E-state index in [1.807, 2.05) is 12.1 Å². The van der Waals surface area contributed by atoms with Gasteiger partial charge in [-0.2, -0.15) is 0 Å². The van der Waals surface area contributed by atoms with Crippen LogP contribution >= 0.6 is 0 Å². The third-order valence-electron chi connectivity index (χ3n) is 5.45. The molecule has 0 amide bonds. The van der Waals surface area contributed by atoms with Crippen LogP contribution in [0.25, 0.3) is 33.1 Å². The van der Waals surface area contributed by atoms with Crippen LogP contribution in [0.5, 0.6) is 0 Å². The van der Waals surface area contributed by atoms with Gasteiger partial charge in [-0.05, 0) is 19.1 Å². The summed E-state index contributed by atoms with van der Waals surface area (Å²) in [4.78, 5) is 3.41. The second-order valence-electron chi connectivity index (χ2n) is 7.44. The lowest BCUT2D eigenvalue weighted by Crippen LogP contribution is -2.29. The number of aromatic amines is 1. The number of hydrogen-bond acceptors (Lipinski definition) is 3. The third-order valence-corrected chi connectivity index (χ3v) is 5.45. The van der Waals surface area contributed by atoms with Gasteiger partial charge in [0.15, 0.2) is 16.9 Å². The zero-order chi connectivity index (χ0) is 20.0. The fourth-order valence-electron chi connectivity index (χ4n) is 3.72. The average Bonchev–Trinajstić information content (AvgIpc) is 3.02. The Bertz CT molecular complexity index is 1350. The molecule has 2 aromatic heterocycles. The number of imidazole rings is 1. The molecule has 2 N–H and O–H groups in total. The van der Waals surface area contributed by atoms with E-state index in [1.165, 1.54) is 11.1 Å². The van der Waals surface area contributed by atoms with Gasteiger partial charge in [0.1, 0.15) is 5.69 Å². The molecule has 5 heteroatoms. The molecule has 0 spiro atoms. The smallest absolute Gasteiger partial charge is 0.251 e. The van der Waals surface area contributed by atoms with Crippen molar-refractivity contribution in [3.63, 3.8) is 0 Å². The molecule has 0 fully saturated rings. The lowest BCUT2D eigenvalue weighted by Gasteiger charge is -2.11. The number of nitrogens with zero attached hydrogens (tertiary/aromatic N) is 3. The van der Waals surface area contributed by atoms with Crippen molar-refractivity contribution < 1.29 is 4.57 Å². The molecule has 142 valence electrons. The Morgan fingerprint density at radius 2 is 1.62 bits per heavy atom. The number of anilines is 2. The van der Waals surface area contributed by atoms with Crippen LogP contribution in [0.3, 0.4) is 0 Å². The number of aryl methyl sites for hydroxylation is 3. The van der Waals surface area contributed by atoms with Gasteiger partial charge in [0.25, 0.3) is 5.82 Å². The molecule has 0 atom stereocenters. The predicted octanol–water partition coefficient (Wildman–Crippen LogP) is 4.96. The number of fused-ring (bicyclic) bond motifs is 2. The highest BCUT2D eigenvalue weighted by Gasteiger charge is 2.14. The number of rotatable bonds is 3. The van der Waals surface area contributed by atoms with E-state index in [0.717, 1.165) is 44.9 Å². The van der Waals surface area contributed by atoms with E-state index >= 15 is 0 Å². The average molecular weight is 380 g/mol. The number of H-pyrrole nitrogens is 1. The molecule has 0 unspecified atom stereocenters. The predicted molar refractivity (Wildman–Crippen MR) is 117 cm³/mol. The fourth-order valence-corrected chi connectivity index (χ4v) is 3.72. The number of hydrogen-bond donors (Lipinski definition) is 2. The first kappa shape index (κ1) is 17.4. The van der Waals surface area contributed by atoms with Crippen LogP contribution in [-0.2, 0) is 7.05 Å². The number of benzene rings is 3. The summed E-state index contributed by atoms with van der Waals surface area (Å²) in [5.74, 6) is 1.87. The second-order valence-corrected chi connectivity index (χ2v) is 7.44. The Balaban J connectivity index is 1.59. The molecule has 0 saturated heterocycles. The van der Waals surface area contributed by atoms with Crippen molar-refractivity contribution in [3.8, 4) is 11.3 Å². The van der Waals surface area contributed by atoms with Crippen molar-refractivity contribution in [3.05, 3.63) is 78.1 Å². The normalized spacial score (nSPS) is 11.3. The van der Waals surface area contributed by atoms with Crippen LogP contribution in [-0.4, -0.2) is 15.2 Å². The highest BCUT2D eigenvalue weighted by molar-refractivity contribution is 6.01. The molecular formula is C24H22N5+. The molecule has 5 rings (SSSR count). The molecule has 0 aliphatic rings. The Morgan fingerprint density at radius 3 is 2.41 bits per heavy atom. The highest BCUT2D eigenvalue weighted by atomic mass is 15.2. The summed E-state index contributed by atoms with van der Waals surface area (Å²) in [7, 11) is 2.06. The monoisotopic (exact) mass is 380 g/mol. The minimum Gasteiger partial charge on any atom is -0.338 e. The lowest BCUT2D eigenvalue weighted by molar-refractivity contribution is -0.651. The minimum atomic E-state index is 0.753. The molecule has 0 aliphatic heterocycles. The van der Waals surface area contributed by atoms with E-state index in [1.54, 1.807) is 0 Å². The standard InChI is InChI=1S/C24H21N5/c1-15-8-10-17(11-9-15)23-19-6-4-5-7-20(19)24(28-27-23)26-18-12-13-22-21(14-18)25-16(2)29(22)3/h4-14H,1-3H3,(H,26,28)/p+1. The third kappa shape index (κ3) is 3.01. The summed E-state index contributed by atoms with van der Waals surface area (Å²) in [6, 6.07) is 22.9. The van der Waals surface area contributed by atoms with Gasteiger partial charge < -0.3 is 5.32 Å². The summed E-state index contributed by atoms with van der Waals surface area (Å²) in [5, 5.41) is 14.7. The van der Waals surface area contributed by atoms with E-state index < -0.39 is 0 Å². The first-order chi connectivity index (χ1) is 14.1. The van der Waals surface area contributed by atoms with E-state index in [4.69, 9.17) is 0 Å². The van der Waals surface area contributed by atoms with Gasteiger partial charge in [-0.25, -0.2) is 9.55 Å². The SMILES string of the molecule is Cc1ccc(-c2nnc(Nc3ccc4c(c3)[nH]c(C)[n+]4C)c3ccccc23)cc1. The van der Waals surface area contributed by atoms with Gasteiger partial charge in [0, 0.05) is 35.0 Å². The Morgan fingerprint density at radius 1 is 0.862 bits per heavy atom. The Hall–Kier alpha value is -3.73. The quantitative estimate of drug-likeness (QED) is 0.435. The summed E-state index contributed by atoms with van der Waals surface area (Å²) < 4.78 is 2.14. The van der Waals surface area contributed by atoms with E-state index in [0.29, 0.717) is 0 Å². The van der Waals surface area contributed by atoms with Crippen molar-refractivity contribution in [1.29, 1.82) is 0 Å². The zero-order valence-corrected chi connectivity index (χ0v) is 16.7. The van der Waals surface area contributed by atoms with Gasteiger partial charge >= 0.3 is 0 Å². The maximum Gasteiger partial charge on any atom is 0.251 e. The van der Waals surface area contributed by atoms with Crippen LogP contribution in [0.15, 0.2) is 66.7 Å². The fraction of sp³-hybridized carbons (Fsp3) is 0.125. The Labute approximate surface area is 169 Å². The lowest BCUT2D eigenvalue weighted by atomic mass is 10.0. The van der Waals surface area contributed by atoms with Gasteiger partial charge in [0.2, 0.25) is 0 Å². The highest BCUT2D eigenvalue weighted by Crippen LogP contribution is 2.31. The van der Waals surface area contributed by atoms with Gasteiger partial charge in [-0.15, -0.1) is 10.2 Å². The van der Waals surface area contributed by atoms with Gasteiger partial charge in [0.05, 0.1) is 7.05 Å². The van der Waals surface area contributed by atoms with Crippen LogP contribution in [0.2, 0.25) is 0 Å². The van der Waals surface area contributed by atoms with Gasteiger partial charge in [-0.1, -0.05) is 54.1 Å². The first-order valence-electron chi connectivity index (χ1n) is 9.68. The maximum atomic E-state index is 4.56. The van der Waals surface area contributed by atoms with Crippen LogP contribution in [0, 0.1) is 13.8 Å². The van der Waals surface area contributed by atoms with Crippen molar-refractivity contribution >= 4 is 33.3 Å². The summed E-state index contributed by atoms with van der Waals surface area (Å²) in [5.41, 5.74) is 6.42.